The van der Waals surface area contributed by atoms with Gasteiger partial charge in [0, 0.05) is 18.8 Å². The first kappa shape index (κ1) is 15.2. The maximum absolute atomic E-state index is 12.0. The number of nitrogens with zero attached hydrogens (tertiary/aromatic N) is 3. The van der Waals surface area contributed by atoms with Crippen molar-refractivity contribution in [2.24, 2.45) is 0 Å². The minimum absolute atomic E-state index is 0.137. The summed E-state index contributed by atoms with van der Waals surface area (Å²) in [6.45, 7) is 2.93. The van der Waals surface area contributed by atoms with E-state index in [4.69, 9.17) is 0 Å². The highest BCUT2D eigenvalue weighted by Gasteiger charge is 2.12. The molecule has 21 heavy (non-hydrogen) atoms. The van der Waals surface area contributed by atoms with Crippen molar-refractivity contribution in [3.8, 4) is 0 Å². The van der Waals surface area contributed by atoms with Crippen molar-refractivity contribution in [2.45, 2.75) is 13.5 Å². The van der Waals surface area contributed by atoms with E-state index < -0.39 is 4.92 Å². The quantitative estimate of drug-likeness (QED) is 0.659. The van der Waals surface area contributed by atoms with Gasteiger partial charge in [-0.05, 0) is 40.5 Å². The maximum Gasteiger partial charge on any atom is 0.286 e. The molecule has 0 aliphatic rings. The van der Waals surface area contributed by atoms with Crippen LogP contribution in [0.5, 0.6) is 0 Å². The molecule has 0 aliphatic heterocycles. The van der Waals surface area contributed by atoms with E-state index in [0.29, 0.717) is 5.82 Å². The van der Waals surface area contributed by atoms with Gasteiger partial charge in [0.15, 0.2) is 0 Å². The van der Waals surface area contributed by atoms with Gasteiger partial charge in [-0.25, -0.2) is 4.98 Å². The van der Waals surface area contributed by atoms with E-state index >= 15 is 0 Å². The topological polar surface area (TPSA) is 90.1 Å². The van der Waals surface area contributed by atoms with Crippen LogP contribution in [0.2, 0.25) is 0 Å². The molecule has 8 heteroatoms. The standard InChI is InChI=1S/C13H13BrN4O3/c1-2-15-12-5-9(3-4-16-12)7-17-8-10(18(20)21)6-11(14)13(17)19/h3-6,8H,2,7H2,1H3,(H,15,16). The third-order valence-electron chi connectivity index (χ3n) is 2.77. The number of rotatable bonds is 5. The van der Waals surface area contributed by atoms with E-state index in [9.17, 15) is 14.9 Å². The fraction of sp³-hybridized carbons (Fsp3) is 0.231. The molecule has 7 nitrogen and oxygen atoms in total. The smallest absolute Gasteiger partial charge is 0.286 e. The first-order valence-corrected chi connectivity index (χ1v) is 7.03. The van der Waals surface area contributed by atoms with Crippen LogP contribution in [0.25, 0.3) is 0 Å². The summed E-state index contributed by atoms with van der Waals surface area (Å²) in [6.07, 6.45) is 2.87. The molecule has 2 aromatic heterocycles. The number of pyridine rings is 2. The monoisotopic (exact) mass is 352 g/mol. The predicted octanol–water partition coefficient (Wildman–Crippen LogP) is 2.39. The van der Waals surface area contributed by atoms with Crippen molar-refractivity contribution in [3.05, 3.63) is 61.1 Å². The molecular weight excluding hydrogens is 340 g/mol. The summed E-state index contributed by atoms with van der Waals surface area (Å²) in [5.74, 6) is 0.701. The van der Waals surface area contributed by atoms with Crippen LogP contribution in [0, 0.1) is 10.1 Å². The first-order valence-electron chi connectivity index (χ1n) is 6.24. The van der Waals surface area contributed by atoms with Gasteiger partial charge in [0.2, 0.25) is 0 Å². The molecule has 0 spiro atoms. The maximum atomic E-state index is 12.0. The highest BCUT2D eigenvalue weighted by atomic mass is 79.9. The lowest BCUT2D eigenvalue weighted by atomic mass is 10.2. The minimum Gasteiger partial charge on any atom is -0.370 e. The predicted molar refractivity (Wildman–Crippen MR) is 82.6 cm³/mol. The third-order valence-corrected chi connectivity index (χ3v) is 3.34. The fourth-order valence-corrected chi connectivity index (χ4v) is 2.31. The van der Waals surface area contributed by atoms with E-state index in [1.807, 2.05) is 13.0 Å². The molecule has 0 fully saturated rings. The molecule has 0 saturated carbocycles. The summed E-state index contributed by atoms with van der Waals surface area (Å²) >= 11 is 3.06. The molecule has 0 unspecified atom stereocenters. The van der Waals surface area contributed by atoms with Crippen molar-refractivity contribution in [2.75, 3.05) is 11.9 Å². The van der Waals surface area contributed by atoms with Crippen LogP contribution in [0.4, 0.5) is 11.5 Å². The number of hydrogen-bond acceptors (Lipinski definition) is 5. The van der Waals surface area contributed by atoms with Crippen LogP contribution in [-0.4, -0.2) is 21.0 Å². The van der Waals surface area contributed by atoms with Crippen molar-refractivity contribution < 1.29 is 4.92 Å². The van der Waals surface area contributed by atoms with Crippen LogP contribution in [0.3, 0.4) is 0 Å². The molecule has 0 bridgehead atoms. The molecule has 2 heterocycles. The van der Waals surface area contributed by atoms with E-state index in [1.165, 1.54) is 16.8 Å². The largest absolute Gasteiger partial charge is 0.370 e. The molecule has 110 valence electrons. The lowest BCUT2D eigenvalue weighted by molar-refractivity contribution is -0.385. The minimum atomic E-state index is -0.530. The summed E-state index contributed by atoms with van der Waals surface area (Å²) in [7, 11) is 0. The zero-order valence-electron chi connectivity index (χ0n) is 11.2. The van der Waals surface area contributed by atoms with Crippen molar-refractivity contribution in [1.29, 1.82) is 0 Å². The number of nitro groups is 1. The zero-order valence-corrected chi connectivity index (χ0v) is 12.8. The molecule has 2 rings (SSSR count). The van der Waals surface area contributed by atoms with Gasteiger partial charge >= 0.3 is 0 Å². The van der Waals surface area contributed by atoms with E-state index in [-0.39, 0.29) is 22.3 Å². The molecule has 0 radical (unpaired) electrons. The van der Waals surface area contributed by atoms with Gasteiger partial charge in [-0.3, -0.25) is 14.9 Å². The Morgan fingerprint density at radius 2 is 2.24 bits per heavy atom. The van der Waals surface area contributed by atoms with Gasteiger partial charge in [0.1, 0.15) is 5.82 Å². The lowest BCUT2D eigenvalue weighted by Gasteiger charge is -2.08. The molecule has 0 amide bonds. The Morgan fingerprint density at radius 3 is 2.90 bits per heavy atom. The second-order valence-corrected chi connectivity index (χ2v) is 5.17. The summed E-state index contributed by atoms with van der Waals surface area (Å²) < 4.78 is 1.46. The van der Waals surface area contributed by atoms with Crippen LogP contribution in [-0.2, 0) is 6.54 Å². The molecule has 0 saturated heterocycles. The van der Waals surface area contributed by atoms with E-state index in [0.717, 1.165) is 12.1 Å². The molecule has 0 atom stereocenters. The highest BCUT2D eigenvalue weighted by Crippen LogP contribution is 2.15. The SMILES string of the molecule is CCNc1cc(Cn2cc([N+](=O)[O-])cc(Br)c2=O)ccn1. The number of hydrogen-bond donors (Lipinski definition) is 1. The molecular formula is C13H13BrN4O3. The van der Waals surface area contributed by atoms with Crippen LogP contribution >= 0.6 is 15.9 Å². The Labute approximate surface area is 128 Å². The third kappa shape index (κ3) is 3.66. The first-order chi connectivity index (χ1) is 10.0. The Hall–Kier alpha value is -2.22. The van der Waals surface area contributed by atoms with Crippen molar-refractivity contribution in [3.63, 3.8) is 0 Å². The normalized spacial score (nSPS) is 10.4. The summed E-state index contributed by atoms with van der Waals surface area (Å²) in [5.41, 5.74) is 0.375. The summed E-state index contributed by atoms with van der Waals surface area (Å²) in [6, 6.07) is 4.78. The van der Waals surface area contributed by atoms with Gasteiger partial charge in [-0.1, -0.05) is 0 Å². The Kier molecular flexibility index (Phi) is 4.69. The van der Waals surface area contributed by atoms with E-state index in [1.54, 1.807) is 12.3 Å². The summed E-state index contributed by atoms with van der Waals surface area (Å²) in [5, 5.41) is 13.9. The van der Waals surface area contributed by atoms with Crippen molar-refractivity contribution >= 4 is 27.4 Å². The highest BCUT2D eigenvalue weighted by molar-refractivity contribution is 9.10. The van der Waals surface area contributed by atoms with Crippen molar-refractivity contribution in [1.82, 2.24) is 9.55 Å². The molecule has 2 aromatic rings. The number of halogens is 1. The second-order valence-electron chi connectivity index (χ2n) is 4.32. The van der Waals surface area contributed by atoms with Gasteiger partial charge in [-0.2, -0.15) is 0 Å². The van der Waals surface area contributed by atoms with Gasteiger partial charge < -0.3 is 9.88 Å². The number of aromatic nitrogens is 2. The summed E-state index contributed by atoms with van der Waals surface area (Å²) in [4.78, 5) is 26.5. The van der Waals surface area contributed by atoms with Crippen LogP contribution < -0.4 is 10.9 Å². The second kappa shape index (κ2) is 6.49. The Morgan fingerprint density at radius 1 is 1.48 bits per heavy atom. The zero-order chi connectivity index (χ0) is 15.4. The van der Waals surface area contributed by atoms with Gasteiger partial charge in [0.25, 0.3) is 11.2 Å². The van der Waals surface area contributed by atoms with Crippen LogP contribution in [0.1, 0.15) is 12.5 Å². The Balaban J connectivity index is 2.37. The average Bonchev–Trinajstić information content (AvgIpc) is 2.44. The van der Waals surface area contributed by atoms with E-state index in [2.05, 4.69) is 26.2 Å². The average molecular weight is 353 g/mol. The molecule has 0 aliphatic carbocycles. The fourth-order valence-electron chi connectivity index (χ4n) is 1.85. The molecule has 0 aromatic carbocycles. The number of nitrogens with one attached hydrogen (secondary N) is 1. The number of anilines is 1. The van der Waals surface area contributed by atoms with Gasteiger partial charge in [0.05, 0.1) is 22.1 Å². The van der Waals surface area contributed by atoms with Gasteiger partial charge in [-0.15, -0.1) is 0 Å². The van der Waals surface area contributed by atoms with Crippen LogP contribution in [0.15, 0.2) is 39.9 Å². The Bertz CT molecular complexity index is 730. The molecule has 1 N–H and O–H groups in total. The lowest BCUT2D eigenvalue weighted by Crippen LogP contribution is -2.21.